The van der Waals surface area contributed by atoms with Crippen molar-refractivity contribution in [1.82, 2.24) is 4.90 Å². The summed E-state index contributed by atoms with van der Waals surface area (Å²) >= 11 is 0. The number of nitrogens with two attached hydrogens (primary N) is 1. The minimum Gasteiger partial charge on any atom is -0.342 e. The van der Waals surface area contributed by atoms with Gasteiger partial charge in [0, 0.05) is 19.0 Å². The molecule has 1 aromatic rings. The van der Waals surface area contributed by atoms with E-state index >= 15 is 0 Å². The number of benzene rings is 1. The maximum Gasteiger partial charge on any atom is 0.416 e. The SMILES string of the molecule is NCC1CCN(C(=O)C2CC2c2cccc(C(F)(F)F)c2)CC1. The molecule has 6 heteroatoms. The molecule has 0 bridgehead atoms. The van der Waals surface area contributed by atoms with Gasteiger partial charge in [-0.25, -0.2) is 0 Å². The Balaban J connectivity index is 1.62. The van der Waals surface area contributed by atoms with Crippen molar-refractivity contribution in [1.29, 1.82) is 0 Å². The van der Waals surface area contributed by atoms with E-state index in [4.69, 9.17) is 5.73 Å². The van der Waals surface area contributed by atoms with Gasteiger partial charge < -0.3 is 10.6 Å². The normalized spacial score (nSPS) is 25.5. The third-order valence-corrected chi connectivity index (χ3v) is 5.01. The molecule has 3 nitrogen and oxygen atoms in total. The highest BCUT2D eigenvalue weighted by Gasteiger charge is 2.46. The van der Waals surface area contributed by atoms with Crippen LogP contribution in [0.3, 0.4) is 0 Å². The van der Waals surface area contributed by atoms with Gasteiger partial charge in [-0.1, -0.05) is 18.2 Å². The number of nitrogens with zero attached hydrogens (tertiary/aromatic N) is 1. The number of amides is 1. The fraction of sp³-hybridized carbons (Fsp3) is 0.588. The van der Waals surface area contributed by atoms with Gasteiger partial charge in [-0.05, 0) is 49.3 Å². The van der Waals surface area contributed by atoms with Crippen LogP contribution in [0, 0.1) is 11.8 Å². The van der Waals surface area contributed by atoms with Gasteiger partial charge in [-0.15, -0.1) is 0 Å². The maximum absolute atomic E-state index is 12.8. The summed E-state index contributed by atoms with van der Waals surface area (Å²) in [6, 6.07) is 5.36. The van der Waals surface area contributed by atoms with Crippen molar-refractivity contribution in [3.63, 3.8) is 0 Å². The van der Waals surface area contributed by atoms with Gasteiger partial charge >= 0.3 is 6.18 Å². The van der Waals surface area contributed by atoms with E-state index in [1.807, 2.05) is 4.90 Å². The molecule has 126 valence electrons. The molecule has 2 N–H and O–H groups in total. The molecule has 1 amide bonds. The Morgan fingerprint density at radius 3 is 2.57 bits per heavy atom. The number of alkyl halides is 3. The topological polar surface area (TPSA) is 46.3 Å². The van der Waals surface area contributed by atoms with E-state index in [-0.39, 0.29) is 17.7 Å². The summed E-state index contributed by atoms with van der Waals surface area (Å²) in [4.78, 5) is 14.3. The average Bonchev–Trinajstić information content (AvgIpc) is 3.34. The predicted octanol–water partition coefficient (Wildman–Crippen LogP) is 3.01. The number of likely N-dealkylation sites (tertiary alicyclic amines) is 1. The molecule has 1 aliphatic carbocycles. The van der Waals surface area contributed by atoms with Gasteiger partial charge in [0.1, 0.15) is 0 Å². The van der Waals surface area contributed by atoms with E-state index in [2.05, 4.69) is 0 Å². The lowest BCUT2D eigenvalue weighted by atomic mass is 9.96. The van der Waals surface area contributed by atoms with Crippen LogP contribution in [0.5, 0.6) is 0 Å². The molecule has 0 spiro atoms. The number of hydrogen-bond acceptors (Lipinski definition) is 2. The van der Waals surface area contributed by atoms with Gasteiger partial charge in [0.15, 0.2) is 0 Å². The second-order valence-electron chi connectivity index (χ2n) is 6.58. The molecule has 0 radical (unpaired) electrons. The minimum absolute atomic E-state index is 0.0722. The molecule has 3 rings (SSSR count). The van der Waals surface area contributed by atoms with Crippen LogP contribution in [0.4, 0.5) is 13.2 Å². The Morgan fingerprint density at radius 2 is 1.96 bits per heavy atom. The molecule has 1 saturated carbocycles. The van der Waals surface area contributed by atoms with E-state index in [0.29, 0.717) is 37.5 Å². The molecule has 23 heavy (non-hydrogen) atoms. The van der Waals surface area contributed by atoms with Crippen LogP contribution >= 0.6 is 0 Å². The van der Waals surface area contributed by atoms with Gasteiger partial charge in [0.05, 0.1) is 5.56 Å². The first kappa shape index (κ1) is 16.3. The number of hydrogen-bond donors (Lipinski definition) is 1. The minimum atomic E-state index is -4.34. The molecule has 2 fully saturated rings. The summed E-state index contributed by atoms with van der Waals surface area (Å²) in [6.45, 7) is 2.08. The lowest BCUT2D eigenvalue weighted by Gasteiger charge is -2.31. The zero-order valence-corrected chi connectivity index (χ0v) is 12.9. The Morgan fingerprint density at radius 1 is 1.26 bits per heavy atom. The fourth-order valence-electron chi connectivity index (χ4n) is 3.41. The van der Waals surface area contributed by atoms with Crippen molar-refractivity contribution in [2.45, 2.75) is 31.4 Å². The molecule has 2 unspecified atom stereocenters. The smallest absolute Gasteiger partial charge is 0.342 e. The number of piperidine rings is 1. The summed E-state index contributed by atoms with van der Waals surface area (Å²) in [5, 5.41) is 0. The fourth-order valence-corrected chi connectivity index (χ4v) is 3.41. The Hall–Kier alpha value is -1.56. The summed E-state index contributed by atoms with van der Waals surface area (Å²) in [5.74, 6) is 0.338. The van der Waals surface area contributed by atoms with Crippen molar-refractivity contribution in [3.8, 4) is 0 Å². The number of carbonyl (C=O) groups is 1. The molecule has 2 atom stereocenters. The lowest BCUT2D eigenvalue weighted by molar-refractivity contribution is -0.137. The standard InChI is InChI=1S/C17H21F3N2O/c18-17(19,20)13-3-1-2-12(8-13)14-9-15(14)16(23)22-6-4-11(10-21)5-7-22/h1-3,8,11,14-15H,4-7,9-10,21H2. The van der Waals surface area contributed by atoms with Crippen molar-refractivity contribution in [2.24, 2.45) is 17.6 Å². The first-order valence-electron chi connectivity index (χ1n) is 8.06. The van der Waals surface area contributed by atoms with Crippen LogP contribution < -0.4 is 5.73 Å². The molecule has 1 saturated heterocycles. The van der Waals surface area contributed by atoms with E-state index in [9.17, 15) is 18.0 Å². The number of carbonyl (C=O) groups excluding carboxylic acids is 1. The molecule has 1 aromatic carbocycles. The van der Waals surface area contributed by atoms with Crippen molar-refractivity contribution in [2.75, 3.05) is 19.6 Å². The molecule has 1 aliphatic heterocycles. The maximum atomic E-state index is 12.8. The average molecular weight is 326 g/mol. The summed E-state index contributed by atoms with van der Waals surface area (Å²) in [7, 11) is 0. The van der Waals surface area contributed by atoms with E-state index in [1.165, 1.54) is 12.1 Å². The van der Waals surface area contributed by atoms with Crippen molar-refractivity contribution < 1.29 is 18.0 Å². The highest BCUT2D eigenvalue weighted by atomic mass is 19.4. The molecular formula is C17H21F3N2O. The molecular weight excluding hydrogens is 305 g/mol. The van der Waals surface area contributed by atoms with Crippen molar-refractivity contribution >= 4 is 5.91 Å². The highest BCUT2D eigenvalue weighted by Crippen LogP contribution is 2.49. The monoisotopic (exact) mass is 326 g/mol. The summed E-state index contributed by atoms with van der Waals surface area (Å²) in [6.07, 6.45) is -1.85. The molecule has 2 aliphatic rings. The van der Waals surface area contributed by atoms with E-state index in [1.54, 1.807) is 6.07 Å². The van der Waals surface area contributed by atoms with Crippen LogP contribution in [0.15, 0.2) is 24.3 Å². The Kier molecular flexibility index (Phi) is 4.36. The Bertz CT molecular complexity index is 579. The first-order valence-corrected chi connectivity index (χ1v) is 8.06. The van der Waals surface area contributed by atoms with E-state index < -0.39 is 11.7 Å². The number of halogens is 3. The summed E-state index contributed by atoms with van der Waals surface area (Å²) in [5.41, 5.74) is 5.63. The number of rotatable bonds is 3. The summed E-state index contributed by atoms with van der Waals surface area (Å²) < 4.78 is 38.3. The third kappa shape index (κ3) is 3.52. The van der Waals surface area contributed by atoms with Gasteiger partial charge in [0.25, 0.3) is 0 Å². The quantitative estimate of drug-likeness (QED) is 0.928. The lowest BCUT2D eigenvalue weighted by Crippen LogP contribution is -2.41. The second-order valence-corrected chi connectivity index (χ2v) is 6.58. The van der Waals surface area contributed by atoms with E-state index in [0.717, 1.165) is 18.9 Å². The predicted molar refractivity (Wildman–Crippen MR) is 80.7 cm³/mol. The van der Waals surface area contributed by atoms with Gasteiger partial charge in [-0.3, -0.25) is 4.79 Å². The molecule has 1 heterocycles. The van der Waals surface area contributed by atoms with Crippen LogP contribution in [-0.2, 0) is 11.0 Å². The Labute approximate surface area is 133 Å². The van der Waals surface area contributed by atoms with Crippen LogP contribution in [0.2, 0.25) is 0 Å². The molecule has 0 aromatic heterocycles. The largest absolute Gasteiger partial charge is 0.416 e. The highest BCUT2D eigenvalue weighted by molar-refractivity contribution is 5.83. The van der Waals surface area contributed by atoms with Crippen LogP contribution in [0.1, 0.15) is 36.3 Å². The van der Waals surface area contributed by atoms with Crippen molar-refractivity contribution in [3.05, 3.63) is 35.4 Å². The van der Waals surface area contributed by atoms with Gasteiger partial charge in [-0.2, -0.15) is 13.2 Å². The first-order chi connectivity index (χ1) is 10.9. The van der Waals surface area contributed by atoms with Crippen LogP contribution in [-0.4, -0.2) is 30.4 Å². The van der Waals surface area contributed by atoms with Crippen LogP contribution in [0.25, 0.3) is 0 Å². The zero-order chi connectivity index (χ0) is 16.6. The zero-order valence-electron chi connectivity index (χ0n) is 12.9. The van der Waals surface area contributed by atoms with Gasteiger partial charge in [0.2, 0.25) is 5.91 Å². The third-order valence-electron chi connectivity index (χ3n) is 5.01. The second kappa shape index (κ2) is 6.15.